The fraction of sp³-hybridized carbons (Fsp3) is 0.385. The van der Waals surface area contributed by atoms with Gasteiger partial charge in [0, 0.05) is 13.0 Å². The first-order chi connectivity index (χ1) is 9.04. The third kappa shape index (κ3) is 4.87. The van der Waals surface area contributed by atoms with E-state index in [0.29, 0.717) is 24.2 Å². The van der Waals surface area contributed by atoms with E-state index in [1.807, 2.05) is 0 Å². The van der Waals surface area contributed by atoms with E-state index in [4.69, 9.17) is 11.5 Å². The predicted molar refractivity (Wildman–Crippen MR) is 73.7 cm³/mol. The Bertz CT molecular complexity index is 460. The van der Waals surface area contributed by atoms with Crippen molar-refractivity contribution >= 4 is 23.3 Å². The number of methoxy groups -OCH3 is 1. The zero-order chi connectivity index (χ0) is 14.3. The second-order valence-corrected chi connectivity index (χ2v) is 4.14. The van der Waals surface area contributed by atoms with Crippen molar-refractivity contribution < 1.29 is 14.3 Å². The first kappa shape index (κ1) is 14.8. The van der Waals surface area contributed by atoms with Crippen molar-refractivity contribution in [2.45, 2.75) is 19.3 Å². The molecule has 1 aromatic carbocycles. The van der Waals surface area contributed by atoms with E-state index in [-0.39, 0.29) is 5.91 Å². The maximum absolute atomic E-state index is 11.3. The summed E-state index contributed by atoms with van der Waals surface area (Å²) in [5, 5.41) is 3.14. The second kappa shape index (κ2) is 7.25. The van der Waals surface area contributed by atoms with Gasteiger partial charge in [0.05, 0.1) is 24.0 Å². The van der Waals surface area contributed by atoms with Crippen molar-refractivity contribution in [3.05, 3.63) is 23.8 Å². The number of hydrogen-bond acceptors (Lipinski definition) is 5. The smallest absolute Gasteiger partial charge is 0.337 e. The number of primary amides is 1. The molecule has 0 bridgehead atoms. The third-order valence-electron chi connectivity index (χ3n) is 2.64. The van der Waals surface area contributed by atoms with E-state index in [0.717, 1.165) is 18.5 Å². The quantitative estimate of drug-likeness (QED) is 0.389. The topological polar surface area (TPSA) is 107 Å². The fourth-order valence-electron chi connectivity index (χ4n) is 1.62. The number of rotatable bonds is 7. The number of carbonyl (C=O) groups excluding carboxylic acids is 2. The molecule has 104 valence electrons. The molecule has 0 aromatic heterocycles. The van der Waals surface area contributed by atoms with E-state index < -0.39 is 5.97 Å². The van der Waals surface area contributed by atoms with Crippen molar-refractivity contribution in [3.63, 3.8) is 0 Å². The van der Waals surface area contributed by atoms with Crippen LogP contribution in [0.1, 0.15) is 29.6 Å². The number of carbonyl (C=O) groups is 2. The van der Waals surface area contributed by atoms with Gasteiger partial charge in [-0.25, -0.2) is 4.79 Å². The molecule has 0 heterocycles. The molecule has 1 rings (SSSR count). The number of hydrogen-bond donors (Lipinski definition) is 3. The van der Waals surface area contributed by atoms with Crippen molar-refractivity contribution in [1.82, 2.24) is 0 Å². The maximum atomic E-state index is 11.3. The molecule has 0 saturated heterocycles. The van der Waals surface area contributed by atoms with Crippen molar-refractivity contribution in [3.8, 4) is 0 Å². The van der Waals surface area contributed by atoms with E-state index in [1.165, 1.54) is 7.11 Å². The summed E-state index contributed by atoms with van der Waals surface area (Å²) in [6.07, 6.45) is 1.95. The standard InChI is InChI=1S/C13H19N3O3/c1-19-13(18)9-5-6-11(10(14)8-9)16-7-3-2-4-12(15)17/h5-6,8,16H,2-4,7,14H2,1H3,(H2,15,17). The van der Waals surface area contributed by atoms with Crippen LogP contribution in [-0.2, 0) is 9.53 Å². The zero-order valence-electron chi connectivity index (χ0n) is 10.9. The van der Waals surface area contributed by atoms with Crippen LogP contribution in [-0.4, -0.2) is 25.5 Å². The van der Waals surface area contributed by atoms with Crippen LogP contribution in [0.4, 0.5) is 11.4 Å². The summed E-state index contributed by atoms with van der Waals surface area (Å²) in [5.74, 6) is -0.707. The van der Waals surface area contributed by atoms with Crippen molar-refractivity contribution in [2.24, 2.45) is 5.73 Å². The van der Waals surface area contributed by atoms with E-state index in [9.17, 15) is 9.59 Å². The Morgan fingerprint density at radius 3 is 2.63 bits per heavy atom. The molecule has 5 N–H and O–H groups in total. The summed E-state index contributed by atoms with van der Waals surface area (Å²) in [6.45, 7) is 0.690. The largest absolute Gasteiger partial charge is 0.465 e. The van der Waals surface area contributed by atoms with Crippen LogP contribution in [0.5, 0.6) is 0 Å². The van der Waals surface area contributed by atoms with Gasteiger partial charge in [-0.05, 0) is 31.0 Å². The SMILES string of the molecule is COC(=O)c1ccc(NCCCCC(N)=O)c(N)c1. The number of esters is 1. The molecule has 1 amide bonds. The second-order valence-electron chi connectivity index (χ2n) is 4.14. The lowest BCUT2D eigenvalue weighted by atomic mass is 10.1. The van der Waals surface area contributed by atoms with Crippen LogP contribution in [0.2, 0.25) is 0 Å². The molecule has 0 aliphatic carbocycles. The number of anilines is 2. The molecular formula is C13H19N3O3. The summed E-state index contributed by atoms with van der Waals surface area (Å²) in [5.41, 5.74) is 12.5. The number of nitrogens with two attached hydrogens (primary N) is 2. The first-order valence-corrected chi connectivity index (χ1v) is 6.04. The molecule has 0 unspecified atom stereocenters. The summed E-state index contributed by atoms with van der Waals surface area (Å²) >= 11 is 0. The molecule has 19 heavy (non-hydrogen) atoms. The molecule has 1 aromatic rings. The maximum Gasteiger partial charge on any atom is 0.337 e. The molecule has 0 aliphatic heterocycles. The Hall–Kier alpha value is -2.24. The minimum Gasteiger partial charge on any atom is -0.465 e. The molecule has 0 atom stereocenters. The minimum absolute atomic E-state index is 0.290. The van der Waals surface area contributed by atoms with E-state index in [1.54, 1.807) is 18.2 Å². The Morgan fingerprint density at radius 1 is 1.32 bits per heavy atom. The summed E-state index contributed by atoms with van der Waals surface area (Å²) in [4.78, 5) is 21.9. The molecule has 0 saturated carbocycles. The summed E-state index contributed by atoms with van der Waals surface area (Å²) in [7, 11) is 1.32. The normalized spacial score (nSPS) is 9.95. The number of nitrogen functional groups attached to an aromatic ring is 1. The van der Waals surface area contributed by atoms with Gasteiger partial charge in [0.25, 0.3) is 0 Å². The molecule has 6 nitrogen and oxygen atoms in total. The van der Waals surface area contributed by atoms with Gasteiger partial charge in [-0.15, -0.1) is 0 Å². The fourth-order valence-corrected chi connectivity index (χ4v) is 1.62. The highest BCUT2D eigenvalue weighted by molar-refractivity contribution is 5.91. The van der Waals surface area contributed by atoms with Gasteiger partial charge < -0.3 is 21.5 Å². The van der Waals surface area contributed by atoms with Crippen LogP contribution in [0.25, 0.3) is 0 Å². The monoisotopic (exact) mass is 265 g/mol. The number of benzene rings is 1. The molecule has 0 spiro atoms. The lowest BCUT2D eigenvalue weighted by molar-refractivity contribution is -0.118. The van der Waals surface area contributed by atoms with E-state index in [2.05, 4.69) is 10.1 Å². The molecule has 0 radical (unpaired) electrons. The predicted octanol–water partition coefficient (Wildman–Crippen LogP) is 1.12. The number of amides is 1. The summed E-state index contributed by atoms with van der Waals surface area (Å²) in [6, 6.07) is 4.95. The average Bonchev–Trinajstić information content (AvgIpc) is 2.38. The van der Waals surface area contributed by atoms with Crippen LogP contribution >= 0.6 is 0 Å². The van der Waals surface area contributed by atoms with Gasteiger partial charge in [0.15, 0.2) is 0 Å². The van der Waals surface area contributed by atoms with Gasteiger partial charge in [0.2, 0.25) is 5.91 Å². The Balaban J connectivity index is 2.46. The third-order valence-corrected chi connectivity index (χ3v) is 2.64. The molecule has 6 heteroatoms. The van der Waals surface area contributed by atoms with Crippen LogP contribution in [0, 0.1) is 0 Å². The van der Waals surface area contributed by atoms with Crippen LogP contribution in [0.15, 0.2) is 18.2 Å². The van der Waals surface area contributed by atoms with Gasteiger partial charge in [0.1, 0.15) is 0 Å². The van der Waals surface area contributed by atoms with Gasteiger partial charge in [-0.1, -0.05) is 0 Å². The average molecular weight is 265 g/mol. The molecule has 0 fully saturated rings. The van der Waals surface area contributed by atoms with E-state index >= 15 is 0 Å². The number of nitrogens with one attached hydrogen (secondary N) is 1. The van der Waals surface area contributed by atoms with Crippen LogP contribution < -0.4 is 16.8 Å². The van der Waals surface area contributed by atoms with Gasteiger partial charge in [-0.2, -0.15) is 0 Å². The first-order valence-electron chi connectivity index (χ1n) is 6.04. The highest BCUT2D eigenvalue weighted by atomic mass is 16.5. The van der Waals surface area contributed by atoms with Gasteiger partial charge in [-0.3, -0.25) is 4.79 Å². The Kier molecular flexibility index (Phi) is 5.66. The van der Waals surface area contributed by atoms with Crippen LogP contribution in [0.3, 0.4) is 0 Å². The summed E-state index contributed by atoms with van der Waals surface area (Å²) < 4.78 is 4.61. The Labute approximate surface area is 112 Å². The molecular weight excluding hydrogens is 246 g/mol. The number of unbranched alkanes of at least 4 members (excludes halogenated alkanes) is 1. The van der Waals surface area contributed by atoms with Crippen molar-refractivity contribution in [1.29, 1.82) is 0 Å². The Morgan fingerprint density at radius 2 is 2.05 bits per heavy atom. The minimum atomic E-state index is -0.417. The van der Waals surface area contributed by atoms with Gasteiger partial charge >= 0.3 is 5.97 Å². The highest BCUT2D eigenvalue weighted by Gasteiger charge is 2.07. The zero-order valence-corrected chi connectivity index (χ0v) is 10.9. The lowest BCUT2D eigenvalue weighted by Crippen LogP contribution is -2.11. The number of ether oxygens (including phenoxy) is 1. The van der Waals surface area contributed by atoms with Crippen molar-refractivity contribution in [2.75, 3.05) is 24.7 Å². The highest BCUT2D eigenvalue weighted by Crippen LogP contribution is 2.20. The lowest BCUT2D eigenvalue weighted by Gasteiger charge is -2.10. The molecule has 0 aliphatic rings.